The van der Waals surface area contributed by atoms with Crippen LogP contribution in [0.5, 0.6) is 0 Å². The number of likely N-dealkylation sites (N-methyl/N-ethyl adjacent to an activating group) is 1. The van der Waals surface area contributed by atoms with E-state index in [2.05, 4.69) is 30.5 Å². The van der Waals surface area contributed by atoms with Gasteiger partial charge in [-0.2, -0.15) is 0 Å². The molecule has 1 aromatic carbocycles. The number of benzene rings is 1. The third-order valence-electron chi connectivity index (χ3n) is 4.05. The number of hydrogen-bond donors (Lipinski definition) is 0. The van der Waals surface area contributed by atoms with Gasteiger partial charge in [-0.3, -0.25) is 0 Å². The van der Waals surface area contributed by atoms with Crippen LogP contribution in [-0.2, 0) is 6.42 Å². The molecule has 96 valence electrons. The highest BCUT2D eigenvalue weighted by Gasteiger charge is 2.29. The van der Waals surface area contributed by atoms with Crippen molar-refractivity contribution < 1.29 is 4.39 Å². The van der Waals surface area contributed by atoms with Crippen LogP contribution in [0.4, 0.5) is 4.39 Å². The van der Waals surface area contributed by atoms with Crippen LogP contribution in [0.25, 0.3) is 10.9 Å². The quantitative estimate of drug-likeness (QED) is 0.767. The predicted molar refractivity (Wildman–Crippen MR) is 72.8 cm³/mol. The standard InChI is InChI=1S/C14H16ClFN2/c1-8-12(17(2)3)7-9-6-11(16)13(15)10-4-5-18(8)14(9)10/h4-6,8,12H,7H2,1-3H3/t8-,12?/m1/s1. The molecule has 2 atom stereocenters. The lowest BCUT2D eigenvalue weighted by Crippen LogP contribution is -2.39. The highest BCUT2D eigenvalue weighted by Crippen LogP contribution is 2.37. The molecule has 1 aliphatic rings. The van der Waals surface area contributed by atoms with Crippen LogP contribution in [0.1, 0.15) is 18.5 Å². The molecule has 1 aromatic heterocycles. The fourth-order valence-corrected chi connectivity index (χ4v) is 3.27. The van der Waals surface area contributed by atoms with E-state index in [1.165, 1.54) is 0 Å². The van der Waals surface area contributed by atoms with Gasteiger partial charge in [0, 0.05) is 23.7 Å². The monoisotopic (exact) mass is 266 g/mol. The molecule has 0 aliphatic carbocycles. The number of hydrogen-bond acceptors (Lipinski definition) is 1. The molecular formula is C14H16ClFN2. The Hall–Kier alpha value is -1.06. The number of aromatic nitrogens is 1. The molecule has 0 saturated heterocycles. The van der Waals surface area contributed by atoms with Gasteiger partial charge in [0.25, 0.3) is 0 Å². The largest absolute Gasteiger partial charge is 0.343 e. The Morgan fingerprint density at radius 2 is 2.17 bits per heavy atom. The van der Waals surface area contributed by atoms with Crippen LogP contribution in [-0.4, -0.2) is 29.6 Å². The third-order valence-corrected chi connectivity index (χ3v) is 4.44. The second kappa shape index (κ2) is 3.97. The molecule has 2 aromatic rings. The van der Waals surface area contributed by atoms with Crippen molar-refractivity contribution in [1.29, 1.82) is 0 Å². The number of rotatable bonds is 1. The predicted octanol–water partition coefficient (Wildman–Crippen LogP) is 3.48. The van der Waals surface area contributed by atoms with Crippen molar-refractivity contribution in [2.75, 3.05) is 14.1 Å². The van der Waals surface area contributed by atoms with E-state index in [4.69, 9.17) is 11.6 Å². The average Bonchev–Trinajstić information content (AvgIpc) is 2.75. The van der Waals surface area contributed by atoms with Crippen molar-refractivity contribution >= 4 is 22.5 Å². The topological polar surface area (TPSA) is 8.17 Å². The van der Waals surface area contributed by atoms with Crippen molar-refractivity contribution in [3.63, 3.8) is 0 Å². The van der Waals surface area contributed by atoms with E-state index in [0.29, 0.717) is 12.1 Å². The summed E-state index contributed by atoms with van der Waals surface area (Å²) in [5.74, 6) is -0.316. The van der Waals surface area contributed by atoms with Crippen molar-refractivity contribution in [1.82, 2.24) is 9.47 Å². The smallest absolute Gasteiger partial charge is 0.142 e. The van der Waals surface area contributed by atoms with Crippen LogP contribution >= 0.6 is 11.6 Å². The molecule has 0 saturated carbocycles. The summed E-state index contributed by atoms with van der Waals surface area (Å²) in [6.07, 6.45) is 2.88. The van der Waals surface area contributed by atoms with Gasteiger partial charge in [0.1, 0.15) is 5.82 Å². The van der Waals surface area contributed by atoms with Gasteiger partial charge in [0.05, 0.1) is 10.5 Å². The van der Waals surface area contributed by atoms with Crippen molar-refractivity contribution in [3.05, 3.63) is 34.7 Å². The molecule has 0 fully saturated rings. The summed E-state index contributed by atoms with van der Waals surface area (Å²) in [4.78, 5) is 2.20. The molecule has 4 heteroatoms. The maximum Gasteiger partial charge on any atom is 0.142 e. The first-order valence-corrected chi connectivity index (χ1v) is 6.52. The van der Waals surface area contributed by atoms with Crippen molar-refractivity contribution in [2.24, 2.45) is 0 Å². The molecule has 1 unspecified atom stereocenters. The minimum absolute atomic E-state index is 0.239. The molecule has 0 radical (unpaired) electrons. The van der Waals surface area contributed by atoms with E-state index in [0.717, 1.165) is 22.9 Å². The molecule has 1 aliphatic heterocycles. The van der Waals surface area contributed by atoms with E-state index < -0.39 is 0 Å². The highest BCUT2D eigenvalue weighted by atomic mass is 35.5. The van der Waals surface area contributed by atoms with E-state index in [1.807, 2.05) is 12.3 Å². The Bertz CT molecular complexity index is 618. The second-order valence-corrected chi connectivity index (χ2v) is 5.67. The summed E-state index contributed by atoms with van der Waals surface area (Å²) in [6, 6.07) is 4.25. The first-order valence-electron chi connectivity index (χ1n) is 6.14. The highest BCUT2D eigenvalue weighted by molar-refractivity contribution is 6.35. The average molecular weight is 267 g/mol. The normalized spacial score (nSPS) is 23.0. The lowest BCUT2D eigenvalue weighted by Gasteiger charge is -2.36. The lowest BCUT2D eigenvalue weighted by molar-refractivity contribution is 0.216. The van der Waals surface area contributed by atoms with Gasteiger partial charge >= 0.3 is 0 Å². The summed E-state index contributed by atoms with van der Waals surface area (Å²) in [6.45, 7) is 2.20. The molecule has 0 amide bonds. The zero-order valence-electron chi connectivity index (χ0n) is 10.7. The maximum atomic E-state index is 13.8. The Morgan fingerprint density at radius 3 is 2.83 bits per heavy atom. The summed E-state index contributed by atoms with van der Waals surface area (Å²) in [7, 11) is 4.14. The van der Waals surface area contributed by atoms with Gasteiger partial charge in [-0.05, 0) is 45.1 Å². The first-order chi connectivity index (χ1) is 8.50. The minimum atomic E-state index is -0.316. The van der Waals surface area contributed by atoms with Crippen LogP contribution < -0.4 is 0 Å². The van der Waals surface area contributed by atoms with E-state index in [9.17, 15) is 4.39 Å². The van der Waals surface area contributed by atoms with Crippen LogP contribution in [0.15, 0.2) is 18.3 Å². The fraction of sp³-hybridized carbons (Fsp3) is 0.429. The molecule has 3 rings (SSSR count). The fourth-order valence-electron chi connectivity index (χ4n) is 3.07. The summed E-state index contributed by atoms with van der Waals surface area (Å²) in [5.41, 5.74) is 2.14. The van der Waals surface area contributed by atoms with E-state index in [1.54, 1.807) is 6.07 Å². The Balaban J connectivity index is 2.28. The van der Waals surface area contributed by atoms with Crippen molar-refractivity contribution in [2.45, 2.75) is 25.4 Å². The van der Waals surface area contributed by atoms with Crippen LogP contribution in [0, 0.1) is 5.82 Å². The lowest BCUT2D eigenvalue weighted by atomic mass is 9.94. The second-order valence-electron chi connectivity index (χ2n) is 5.29. The maximum absolute atomic E-state index is 13.8. The zero-order chi connectivity index (χ0) is 13.0. The Labute approximate surface area is 111 Å². The molecule has 0 spiro atoms. The minimum Gasteiger partial charge on any atom is -0.343 e. The Kier molecular flexibility index (Phi) is 2.65. The van der Waals surface area contributed by atoms with Crippen molar-refractivity contribution in [3.8, 4) is 0 Å². The van der Waals surface area contributed by atoms with Gasteiger partial charge in [-0.25, -0.2) is 4.39 Å². The SMILES string of the molecule is C[C@@H]1C(N(C)C)Cc2cc(F)c(Cl)c3ccn1c23. The Morgan fingerprint density at radius 1 is 1.44 bits per heavy atom. The van der Waals surface area contributed by atoms with E-state index in [-0.39, 0.29) is 10.8 Å². The molecule has 18 heavy (non-hydrogen) atoms. The molecule has 2 heterocycles. The molecule has 0 bridgehead atoms. The van der Waals surface area contributed by atoms with Gasteiger partial charge < -0.3 is 9.47 Å². The van der Waals surface area contributed by atoms with Gasteiger partial charge in [0.15, 0.2) is 0 Å². The number of halogens is 2. The summed E-state index contributed by atoms with van der Waals surface area (Å²) >= 11 is 6.04. The number of nitrogens with zero attached hydrogens (tertiary/aromatic N) is 2. The van der Waals surface area contributed by atoms with Gasteiger partial charge in [0.2, 0.25) is 0 Å². The zero-order valence-corrected chi connectivity index (χ0v) is 11.5. The van der Waals surface area contributed by atoms with Gasteiger partial charge in [-0.15, -0.1) is 0 Å². The summed E-state index contributed by atoms with van der Waals surface area (Å²) in [5, 5.41) is 1.07. The van der Waals surface area contributed by atoms with Gasteiger partial charge in [-0.1, -0.05) is 11.6 Å². The first kappa shape index (κ1) is 12.0. The van der Waals surface area contributed by atoms with E-state index >= 15 is 0 Å². The third kappa shape index (κ3) is 1.50. The summed E-state index contributed by atoms with van der Waals surface area (Å²) < 4.78 is 16.0. The molecular weight excluding hydrogens is 251 g/mol. The van der Waals surface area contributed by atoms with Crippen LogP contribution in [0.2, 0.25) is 5.02 Å². The van der Waals surface area contributed by atoms with Crippen LogP contribution in [0.3, 0.4) is 0 Å². The molecule has 2 nitrogen and oxygen atoms in total. The molecule has 0 N–H and O–H groups in total.